The standard InChI is InChI=1S/C26H19Cl2N3O2S/c1-16-4-2-3-5-17(16)14-23-25(33)31(21-12-8-19(28)9-13-21)26(34-23)22(15-29)24(32)30-20-10-6-18(27)7-11-20/h2-13,23H,14H2,1H3,(H,30,32). The number of rotatable bonds is 5. The van der Waals surface area contributed by atoms with Crippen molar-refractivity contribution in [2.45, 2.75) is 18.6 Å². The van der Waals surface area contributed by atoms with E-state index in [1.165, 1.54) is 16.7 Å². The Morgan fingerprint density at radius 1 is 1.03 bits per heavy atom. The van der Waals surface area contributed by atoms with Crippen LogP contribution in [0.15, 0.2) is 83.4 Å². The number of amides is 2. The van der Waals surface area contributed by atoms with Crippen molar-refractivity contribution in [3.63, 3.8) is 0 Å². The minimum atomic E-state index is -0.601. The molecule has 0 radical (unpaired) electrons. The van der Waals surface area contributed by atoms with Crippen LogP contribution in [0.25, 0.3) is 0 Å². The van der Waals surface area contributed by atoms with E-state index in [9.17, 15) is 14.9 Å². The lowest BCUT2D eigenvalue weighted by Gasteiger charge is -2.19. The number of halogens is 2. The summed E-state index contributed by atoms with van der Waals surface area (Å²) in [5.74, 6) is -0.798. The number of aryl methyl sites for hydroxylation is 1. The number of nitrogens with one attached hydrogen (secondary N) is 1. The second-order valence-electron chi connectivity index (χ2n) is 7.64. The van der Waals surface area contributed by atoms with Gasteiger partial charge >= 0.3 is 0 Å². The summed E-state index contributed by atoms with van der Waals surface area (Å²) in [7, 11) is 0. The Morgan fingerprint density at radius 3 is 2.26 bits per heavy atom. The number of hydrogen-bond acceptors (Lipinski definition) is 4. The molecule has 1 atom stereocenters. The van der Waals surface area contributed by atoms with E-state index in [0.29, 0.717) is 32.9 Å². The zero-order chi connectivity index (χ0) is 24.2. The molecule has 1 fully saturated rings. The average Bonchev–Trinajstić information content (AvgIpc) is 3.13. The first-order valence-electron chi connectivity index (χ1n) is 10.4. The van der Waals surface area contributed by atoms with E-state index in [4.69, 9.17) is 23.2 Å². The molecule has 3 aromatic carbocycles. The van der Waals surface area contributed by atoms with E-state index >= 15 is 0 Å². The van der Waals surface area contributed by atoms with Crippen LogP contribution in [0.5, 0.6) is 0 Å². The number of hydrogen-bond donors (Lipinski definition) is 1. The molecule has 2 amide bonds. The van der Waals surface area contributed by atoms with Crippen LogP contribution >= 0.6 is 35.0 Å². The molecule has 5 nitrogen and oxygen atoms in total. The van der Waals surface area contributed by atoms with Crippen LogP contribution in [0, 0.1) is 18.3 Å². The van der Waals surface area contributed by atoms with Gasteiger partial charge in [-0.25, -0.2) is 0 Å². The lowest BCUT2D eigenvalue weighted by Crippen LogP contribution is -2.31. The fourth-order valence-electron chi connectivity index (χ4n) is 3.58. The second kappa shape index (κ2) is 10.4. The lowest BCUT2D eigenvalue weighted by molar-refractivity contribution is -0.117. The zero-order valence-electron chi connectivity index (χ0n) is 18.1. The third kappa shape index (κ3) is 5.13. The quantitative estimate of drug-likeness (QED) is 0.321. The molecule has 1 aliphatic heterocycles. The molecule has 1 unspecified atom stereocenters. The normalized spacial score (nSPS) is 16.8. The summed E-state index contributed by atoms with van der Waals surface area (Å²) in [5.41, 5.74) is 3.00. The third-order valence-electron chi connectivity index (χ3n) is 5.36. The van der Waals surface area contributed by atoms with E-state index in [2.05, 4.69) is 5.32 Å². The van der Waals surface area contributed by atoms with Gasteiger partial charge in [0.2, 0.25) is 5.91 Å². The smallest absolute Gasteiger partial charge is 0.269 e. The summed E-state index contributed by atoms with van der Waals surface area (Å²) in [6, 6.07) is 23.2. The molecule has 1 aliphatic rings. The highest BCUT2D eigenvalue weighted by Crippen LogP contribution is 2.42. The number of carbonyl (C=O) groups excluding carboxylic acids is 2. The van der Waals surface area contributed by atoms with Crippen LogP contribution in [-0.2, 0) is 16.0 Å². The molecule has 0 bridgehead atoms. The molecule has 0 spiro atoms. The highest BCUT2D eigenvalue weighted by Gasteiger charge is 2.41. The van der Waals surface area contributed by atoms with Gasteiger partial charge in [-0.15, -0.1) is 0 Å². The summed E-state index contributed by atoms with van der Waals surface area (Å²) in [4.78, 5) is 28.0. The molecule has 1 heterocycles. The molecular weight excluding hydrogens is 489 g/mol. The van der Waals surface area contributed by atoms with Crippen LogP contribution in [0.1, 0.15) is 11.1 Å². The SMILES string of the molecule is Cc1ccccc1CC1SC(=C(C#N)C(=O)Nc2ccc(Cl)cc2)N(c2ccc(Cl)cc2)C1=O. The van der Waals surface area contributed by atoms with Crippen molar-refractivity contribution in [3.8, 4) is 6.07 Å². The number of nitrogens with zero attached hydrogens (tertiary/aromatic N) is 2. The van der Waals surface area contributed by atoms with Gasteiger partial charge in [0, 0.05) is 21.4 Å². The molecule has 3 aromatic rings. The first-order chi connectivity index (χ1) is 16.4. The van der Waals surface area contributed by atoms with Gasteiger partial charge < -0.3 is 5.32 Å². The molecule has 0 saturated carbocycles. The van der Waals surface area contributed by atoms with Crippen molar-refractivity contribution in [1.29, 1.82) is 5.26 Å². The van der Waals surface area contributed by atoms with Gasteiger partial charge in [-0.1, -0.05) is 59.2 Å². The topological polar surface area (TPSA) is 73.2 Å². The molecule has 1 N–H and O–H groups in total. The fourth-order valence-corrected chi connectivity index (χ4v) is 5.13. The van der Waals surface area contributed by atoms with Crippen LogP contribution in [0.4, 0.5) is 11.4 Å². The Morgan fingerprint density at radius 2 is 1.65 bits per heavy atom. The average molecular weight is 508 g/mol. The molecule has 8 heteroatoms. The predicted molar refractivity (Wildman–Crippen MR) is 138 cm³/mol. The predicted octanol–water partition coefficient (Wildman–Crippen LogP) is 6.37. The first kappa shape index (κ1) is 23.9. The van der Waals surface area contributed by atoms with Gasteiger partial charge in [-0.3, -0.25) is 14.5 Å². The van der Waals surface area contributed by atoms with Gasteiger partial charge in [0.05, 0.1) is 5.25 Å². The number of benzene rings is 3. The highest BCUT2D eigenvalue weighted by molar-refractivity contribution is 8.05. The van der Waals surface area contributed by atoms with E-state index < -0.39 is 11.2 Å². The maximum atomic E-state index is 13.5. The van der Waals surface area contributed by atoms with Gasteiger partial charge in [-0.05, 0) is 73.0 Å². The Hall–Kier alpha value is -3.24. The minimum absolute atomic E-state index is 0.143. The molecule has 0 aromatic heterocycles. The fraction of sp³-hybridized carbons (Fsp3) is 0.115. The molecule has 0 aliphatic carbocycles. The van der Waals surface area contributed by atoms with Crippen molar-refractivity contribution in [3.05, 3.63) is 105 Å². The van der Waals surface area contributed by atoms with Gasteiger partial charge in [0.15, 0.2) is 0 Å². The van der Waals surface area contributed by atoms with Gasteiger partial charge in [0.1, 0.15) is 16.7 Å². The minimum Gasteiger partial charge on any atom is -0.321 e. The van der Waals surface area contributed by atoms with Crippen LogP contribution in [0.2, 0.25) is 10.0 Å². The van der Waals surface area contributed by atoms with Crippen molar-refractivity contribution < 1.29 is 9.59 Å². The van der Waals surface area contributed by atoms with Crippen LogP contribution in [0.3, 0.4) is 0 Å². The van der Waals surface area contributed by atoms with Crippen molar-refractivity contribution >= 4 is 58.2 Å². The highest BCUT2D eigenvalue weighted by atomic mass is 35.5. The summed E-state index contributed by atoms with van der Waals surface area (Å²) in [6.07, 6.45) is 0.473. The zero-order valence-corrected chi connectivity index (χ0v) is 20.4. The first-order valence-corrected chi connectivity index (χ1v) is 12.0. The van der Waals surface area contributed by atoms with E-state index in [-0.39, 0.29) is 11.5 Å². The van der Waals surface area contributed by atoms with Gasteiger partial charge in [-0.2, -0.15) is 5.26 Å². The Bertz CT molecular complexity index is 1320. The Labute approximate surface area is 212 Å². The molecule has 34 heavy (non-hydrogen) atoms. The summed E-state index contributed by atoms with van der Waals surface area (Å²) < 4.78 is 0. The number of nitriles is 1. The van der Waals surface area contributed by atoms with E-state index in [1.54, 1.807) is 48.5 Å². The monoisotopic (exact) mass is 507 g/mol. The van der Waals surface area contributed by atoms with Crippen LogP contribution < -0.4 is 10.2 Å². The van der Waals surface area contributed by atoms with Gasteiger partial charge in [0.25, 0.3) is 5.91 Å². The second-order valence-corrected chi connectivity index (χ2v) is 9.70. The Balaban J connectivity index is 1.73. The van der Waals surface area contributed by atoms with Crippen molar-refractivity contribution in [2.75, 3.05) is 10.2 Å². The van der Waals surface area contributed by atoms with E-state index in [0.717, 1.165) is 11.1 Å². The van der Waals surface area contributed by atoms with E-state index in [1.807, 2.05) is 37.3 Å². The number of thioether (sulfide) groups is 1. The van der Waals surface area contributed by atoms with Crippen molar-refractivity contribution in [2.24, 2.45) is 0 Å². The largest absolute Gasteiger partial charge is 0.321 e. The Kier molecular flexibility index (Phi) is 7.28. The molecule has 1 saturated heterocycles. The number of carbonyl (C=O) groups is 2. The maximum absolute atomic E-state index is 13.5. The van der Waals surface area contributed by atoms with Crippen molar-refractivity contribution in [1.82, 2.24) is 0 Å². The maximum Gasteiger partial charge on any atom is 0.269 e. The van der Waals surface area contributed by atoms with Crippen LogP contribution in [-0.4, -0.2) is 17.1 Å². The summed E-state index contributed by atoms with van der Waals surface area (Å²) in [5, 5.41) is 13.5. The molecule has 4 rings (SSSR count). The molecular formula is C26H19Cl2N3O2S. The lowest BCUT2D eigenvalue weighted by atomic mass is 10.0. The molecule has 170 valence electrons. The summed E-state index contributed by atoms with van der Waals surface area (Å²) >= 11 is 13.2. The summed E-state index contributed by atoms with van der Waals surface area (Å²) in [6.45, 7) is 1.99. The third-order valence-corrected chi connectivity index (χ3v) is 7.13. The number of anilines is 2.